The van der Waals surface area contributed by atoms with Gasteiger partial charge in [0.25, 0.3) is 0 Å². The molecule has 1 aromatic carbocycles. The molecule has 3 nitrogen and oxygen atoms in total. The van der Waals surface area contributed by atoms with Crippen LogP contribution in [0.2, 0.25) is 0 Å². The Bertz CT molecular complexity index is 555. The van der Waals surface area contributed by atoms with Crippen LogP contribution in [0.15, 0.2) is 29.2 Å². The summed E-state index contributed by atoms with van der Waals surface area (Å²) in [5.41, 5.74) is 2.15. The van der Waals surface area contributed by atoms with Crippen LogP contribution in [-0.2, 0) is 0 Å². The molecule has 0 saturated heterocycles. The van der Waals surface area contributed by atoms with E-state index in [1.54, 1.807) is 13.1 Å². The molecule has 0 aliphatic heterocycles. The van der Waals surface area contributed by atoms with E-state index >= 15 is 0 Å². The van der Waals surface area contributed by atoms with E-state index in [-0.39, 0.29) is 5.43 Å². The van der Waals surface area contributed by atoms with Crippen molar-refractivity contribution >= 4 is 10.9 Å². The van der Waals surface area contributed by atoms with E-state index in [0.717, 1.165) is 11.1 Å². The third-order valence-electron chi connectivity index (χ3n) is 2.52. The predicted molar refractivity (Wildman–Crippen MR) is 59.9 cm³/mol. The maximum Gasteiger partial charge on any atom is 0.195 e. The van der Waals surface area contributed by atoms with E-state index in [9.17, 15) is 9.90 Å². The Morgan fingerprint density at radius 2 is 2.13 bits per heavy atom. The molecule has 78 valence electrons. The number of H-pyrrole nitrogens is 1. The van der Waals surface area contributed by atoms with E-state index in [2.05, 4.69) is 4.98 Å². The van der Waals surface area contributed by atoms with E-state index < -0.39 is 6.10 Å². The van der Waals surface area contributed by atoms with Gasteiger partial charge in [-0.3, -0.25) is 4.79 Å². The predicted octanol–water partition coefficient (Wildman–Crippen LogP) is 1.89. The van der Waals surface area contributed by atoms with Gasteiger partial charge < -0.3 is 10.1 Å². The first-order valence-electron chi connectivity index (χ1n) is 4.89. The number of aliphatic hydroxyl groups is 1. The molecule has 1 atom stereocenters. The molecule has 2 aromatic rings. The summed E-state index contributed by atoms with van der Waals surface area (Å²) < 4.78 is 0. The lowest BCUT2D eigenvalue weighted by atomic mass is 10.1. The molecule has 0 amide bonds. The lowest BCUT2D eigenvalue weighted by Crippen LogP contribution is -2.12. The minimum Gasteiger partial charge on any atom is -0.389 e. The van der Waals surface area contributed by atoms with Gasteiger partial charge in [-0.05, 0) is 26.0 Å². The highest BCUT2D eigenvalue weighted by molar-refractivity contribution is 5.79. The first kappa shape index (κ1) is 9.93. The molecule has 2 N–H and O–H groups in total. The molecule has 0 bridgehead atoms. The second-order valence-corrected chi connectivity index (χ2v) is 3.80. The Kier molecular flexibility index (Phi) is 2.32. The largest absolute Gasteiger partial charge is 0.389 e. The van der Waals surface area contributed by atoms with E-state index in [1.807, 2.05) is 25.1 Å². The summed E-state index contributed by atoms with van der Waals surface area (Å²) in [6.45, 7) is 3.53. The second kappa shape index (κ2) is 3.51. The molecule has 0 saturated carbocycles. The summed E-state index contributed by atoms with van der Waals surface area (Å²) in [7, 11) is 0. The average molecular weight is 203 g/mol. The summed E-state index contributed by atoms with van der Waals surface area (Å²) in [5.74, 6) is 0. The number of rotatable bonds is 1. The van der Waals surface area contributed by atoms with Crippen LogP contribution in [-0.4, -0.2) is 10.1 Å². The third kappa shape index (κ3) is 1.66. The number of fused-ring (bicyclic) bond motifs is 1. The van der Waals surface area contributed by atoms with Crippen LogP contribution in [0.4, 0.5) is 0 Å². The molecule has 1 aromatic heterocycles. The number of hydrogen-bond donors (Lipinski definition) is 2. The molecule has 1 heterocycles. The molecule has 1 unspecified atom stereocenters. The maximum absolute atomic E-state index is 11.9. The fraction of sp³-hybridized carbons (Fsp3) is 0.250. The number of aryl methyl sites for hydroxylation is 1. The molecule has 0 aliphatic carbocycles. The number of aromatic amines is 1. The van der Waals surface area contributed by atoms with Crippen LogP contribution in [0.3, 0.4) is 0 Å². The standard InChI is InChI=1S/C12H13NO2/c1-7-3-4-11-9(5-7)12(15)10(6-13-11)8(2)14/h3-6,8,14H,1-2H3,(H,13,15). The van der Waals surface area contributed by atoms with Crippen LogP contribution < -0.4 is 5.43 Å². The summed E-state index contributed by atoms with van der Waals surface area (Å²) >= 11 is 0. The van der Waals surface area contributed by atoms with Crippen molar-refractivity contribution in [1.82, 2.24) is 4.98 Å². The summed E-state index contributed by atoms with van der Waals surface area (Å²) in [6, 6.07) is 5.65. The number of hydrogen-bond acceptors (Lipinski definition) is 2. The van der Waals surface area contributed by atoms with Crippen molar-refractivity contribution in [3.63, 3.8) is 0 Å². The van der Waals surface area contributed by atoms with Crippen molar-refractivity contribution in [1.29, 1.82) is 0 Å². The van der Waals surface area contributed by atoms with Crippen molar-refractivity contribution in [3.8, 4) is 0 Å². The van der Waals surface area contributed by atoms with Crippen LogP contribution in [0, 0.1) is 6.92 Å². The highest BCUT2D eigenvalue weighted by Gasteiger charge is 2.09. The maximum atomic E-state index is 11.9. The lowest BCUT2D eigenvalue weighted by Gasteiger charge is -2.05. The summed E-state index contributed by atoms with van der Waals surface area (Å²) in [4.78, 5) is 15.0. The van der Waals surface area contributed by atoms with Gasteiger partial charge in [-0.2, -0.15) is 0 Å². The Hall–Kier alpha value is -1.61. The van der Waals surface area contributed by atoms with Crippen molar-refractivity contribution in [2.24, 2.45) is 0 Å². The topological polar surface area (TPSA) is 53.1 Å². The van der Waals surface area contributed by atoms with Crippen molar-refractivity contribution < 1.29 is 5.11 Å². The molecule has 3 heteroatoms. The minimum absolute atomic E-state index is 0.0950. The van der Waals surface area contributed by atoms with E-state index in [1.165, 1.54) is 0 Å². The van der Waals surface area contributed by atoms with Gasteiger partial charge in [-0.25, -0.2) is 0 Å². The highest BCUT2D eigenvalue weighted by atomic mass is 16.3. The van der Waals surface area contributed by atoms with E-state index in [0.29, 0.717) is 10.9 Å². The van der Waals surface area contributed by atoms with Gasteiger partial charge >= 0.3 is 0 Å². The van der Waals surface area contributed by atoms with E-state index in [4.69, 9.17) is 0 Å². The summed E-state index contributed by atoms with van der Waals surface area (Å²) in [5, 5.41) is 10.0. The number of pyridine rings is 1. The zero-order valence-corrected chi connectivity index (χ0v) is 8.74. The Morgan fingerprint density at radius 3 is 2.80 bits per heavy atom. The number of benzene rings is 1. The number of aliphatic hydroxyl groups excluding tert-OH is 1. The fourth-order valence-corrected chi connectivity index (χ4v) is 1.66. The molecule has 0 fully saturated rings. The van der Waals surface area contributed by atoms with Gasteiger partial charge in [0, 0.05) is 22.7 Å². The minimum atomic E-state index is -0.737. The third-order valence-corrected chi connectivity index (χ3v) is 2.52. The van der Waals surface area contributed by atoms with Gasteiger partial charge in [-0.1, -0.05) is 11.6 Å². The molecule has 15 heavy (non-hydrogen) atoms. The average Bonchev–Trinajstić information content (AvgIpc) is 2.19. The monoisotopic (exact) mass is 203 g/mol. The number of aromatic nitrogens is 1. The molecular formula is C12H13NO2. The van der Waals surface area contributed by atoms with Crippen molar-refractivity contribution in [2.45, 2.75) is 20.0 Å². The Balaban J connectivity index is 2.83. The quantitative estimate of drug-likeness (QED) is 0.743. The zero-order chi connectivity index (χ0) is 11.0. The van der Waals surface area contributed by atoms with Crippen molar-refractivity contribution in [3.05, 3.63) is 45.7 Å². The van der Waals surface area contributed by atoms with Crippen LogP contribution in [0.5, 0.6) is 0 Å². The molecule has 0 spiro atoms. The summed E-state index contributed by atoms with van der Waals surface area (Å²) in [6.07, 6.45) is 0.837. The zero-order valence-electron chi connectivity index (χ0n) is 8.74. The lowest BCUT2D eigenvalue weighted by molar-refractivity contribution is 0.198. The molecule has 0 radical (unpaired) electrons. The van der Waals surface area contributed by atoms with Crippen LogP contribution in [0.25, 0.3) is 10.9 Å². The number of nitrogens with one attached hydrogen (secondary N) is 1. The fourth-order valence-electron chi connectivity index (χ4n) is 1.66. The normalized spacial score (nSPS) is 13.0. The smallest absolute Gasteiger partial charge is 0.195 e. The van der Waals surface area contributed by atoms with Gasteiger partial charge in [0.1, 0.15) is 0 Å². The van der Waals surface area contributed by atoms with Gasteiger partial charge in [0.05, 0.1) is 6.10 Å². The molecule has 2 rings (SSSR count). The van der Waals surface area contributed by atoms with Gasteiger partial charge in [-0.15, -0.1) is 0 Å². The first-order valence-corrected chi connectivity index (χ1v) is 4.89. The van der Waals surface area contributed by atoms with Crippen LogP contribution >= 0.6 is 0 Å². The SMILES string of the molecule is Cc1ccc2[nH]cc(C(C)O)c(=O)c2c1. The Morgan fingerprint density at radius 1 is 1.40 bits per heavy atom. The molecular weight excluding hydrogens is 190 g/mol. The van der Waals surface area contributed by atoms with Crippen LogP contribution in [0.1, 0.15) is 24.2 Å². The first-order chi connectivity index (χ1) is 7.09. The molecule has 0 aliphatic rings. The Labute approximate surface area is 87.4 Å². The van der Waals surface area contributed by atoms with Gasteiger partial charge in [0.15, 0.2) is 5.43 Å². The highest BCUT2D eigenvalue weighted by Crippen LogP contribution is 2.13. The second-order valence-electron chi connectivity index (χ2n) is 3.80. The van der Waals surface area contributed by atoms with Gasteiger partial charge in [0.2, 0.25) is 0 Å². The van der Waals surface area contributed by atoms with Crippen molar-refractivity contribution in [2.75, 3.05) is 0 Å².